The number of rotatable bonds is 0. The largest absolute Gasteiger partial charge is 0.299 e. The highest BCUT2D eigenvalue weighted by atomic mass is 16.1. The molecule has 4 aliphatic rings. The summed E-state index contributed by atoms with van der Waals surface area (Å²) >= 11 is 0. The van der Waals surface area contributed by atoms with Gasteiger partial charge in [-0.15, -0.1) is 0 Å². The van der Waals surface area contributed by atoms with Crippen LogP contribution in [0.2, 0.25) is 0 Å². The van der Waals surface area contributed by atoms with Crippen molar-refractivity contribution in [1.82, 2.24) is 0 Å². The van der Waals surface area contributed by atoms with Crippen LogP contribution in [0.15, 0.2) is 0 Å². The third-order valence-corrected chi connectivity index (χ3v) is 5.07. The zero-order chi connectivity index (χ0) is 8.74. The molecule has 0 aromatic rings. The predicted octanol–water partition coefficient (Wildman–Crippen LogP) is 1.05. The van der Waals surface area contributed by atoms with E-state index in [0.717, 1.165) is 12.8 Å². The first kappa shape index (κ1) is 6.74. The van der Waals surface area contributed by atoms with E-state index < -0.39 is 0 Å². The highest BCUT2D eigenvalue weighted by molar-refractivity contribution is 5.96. The molecule has 0 heterocycles. The van der Waals surface area contributed by atoms with Gasteiger partial charge in [0.15, 0.2) is 0 Å². The topological polar surface area (TPSA) is 34.1 Å². The van der Waals surface area contributed by atoms with Crippen molar-refractivity contribution in [2.24, 2.45) is 35.5 Å². The molecule has 0 aromatic carbocycles. The predicted molar refractivity (Wildman–Crippen MR) is 44.8 cm³/mol. The summed E-state index contributed by atoms with van der Waals surface area (Å²) in [6, 6.07) is 0. The standard InChI is InChI=1S/C11H12O2/c12-7-2-4-1-5-6-3-8(13)10(5)11(7)9(4)6/h4-6,9-11H,1-3H2. The first-order valence-electron chi connectivity index (χ1n) is 5.33. The van der Waals surface area contributed by atoms with Crippen LogP contribution in [0.4, 0.5) is 0 Å². The van der Waals surface area contributed by atoms with Crippen LogP contribution < -0.4 is 0 Å². The van der Waals surface area contributed by atoms with E-state index in [0.29, 0.717) is 35.2 Å². The fourth-order valence-electron chi connectivity index (χ4n) is 4.92. The highest BCUT2D eigenvalue weighted by Gasteiger charge is 2.69. The number of fused-ring (bicyclic) bond motifs is 1. The van der Waals surface area contributed by atoms with Gasteiger partial charge in [-0.25, -0.2) is 0 Å². The molecule has 13 heavy (non-hydrogen) atoms. The van der Waals surface area contributed by atoms with E-state index in [-0.39, 0.29) is 11.8 Å². The van der Waals surface area contributed by atoms with Gasteiger partial charge < -0.3 is 0 Å². The Balaban J connectivity index is 1.92. The zero-order valence-corrected chi connectivity index (χ0v) is 7.40. The summed E-state index contributed by atoms with van der Waals surface area (Å²) in [6.07, 6.45) is 2.79. The molecule has 4 saturated carbocycles. The first-order valence-corrected chi connectivity index (χ1v) is 5.33. The average molecular weight is 176 g/mol. The minimum atomic E-state index is 0.182. The number of ketones is 2. The number of hydrogen-bond acceptors (Lipinski definition) is 2. The van der Waals surface area contributed by atoms with E-state index >= 15 is 0 Å². The average Bonchev–Trinajstić information content (AvgIpc) is 2.69. The Morgan fingerprint density at radius 2 is 1.69 bits per heavy atom. The maximum atomic E-state index is 11.7. The minimum absolute atomic E-state index is 0.182. The third-order valence-electron chi connectivity index (χ3n) is 5.07. The van der Waals surface area contributed by atoms with Crippen molar-refractivity contribution in [2.45, 2.75) is 19.3 Å². The van der Waals surface area contributed by atoms with E-state index in [1.165, 1.54) is 6.42 Å². The van der Waals surface area contributed by atoms with Gasteiger partial charge in [-0.3, -0.25) is 9.59 Å². The van der Waals surface area contributed by atoms with Crippen LogP contribution in [0.5, 0.6) is 0 Å². The summed E-state index contributed by atoms with van der Waals surface area (Å²) in [5.74, 6) is 3.76. The number of Topliss-reactive ketones (excluding diaryl/α,β-unsaturated/α-hetero) is 2. The van der Waals surface area contributed by atoms with Crippen molar-refractivity contribution in [3.63, 3.8) is 0 Å². The van der Waals surface area contributed by atoms with Gasteiger partial charge in [0.1, 0.15) is 11.6 Å². The molecular formula is C11H12O2. The SMILES string of the molecule is O=C1CC2C3CC4CC(=O)C(C13)C42. The van der Waals surface area contributed by atoms with Crippen molar-refractivity contribution in [3.8, 4) is 0 Å². The molecule has 0 aliphatic heterocycles. The quantitative estimate of drug-likeness (QED) is 0.552. The molecular weight excluding hydrogens is 164 g/mol. The summed E-state index contributed by atoms with van der Waals surface area (Å²) in [5, 5.41) is 0. The molecule has 4 rings (SSSR count). The molecule has 4 fully saturated rings. The molecule has 0 saturated heterocycles. The van der Waals surface area contributed by atoms with E-state index in [2.05, 4.69) is 0 Å². The van der Waals surface area contributed by atoms with Crippen LogP contribution in [0.3, 0.4) is 0 Å². The maximum Gasteiger partial charge on any atom is 0.137 e. The Hall–Kier alpha value is -0.660. The first-order chi connectivity index (χ1) is 6.27. The molecule has 0 aromatic heterocycles. The molecule has 4 aliphatic carbocycles. The molecule has 6 unspecified atom stereocenters. The Morgan fingerprint density at radius 1 is 0.923 bits per heavy atom. The maximum absolute atomic E-state index is 11.7. The van der Waals surface area contributed by atoms with E-state index in [4.69, 9.17) is 0 Å². The second kappa shape index (κ2) is 1.75. The normalized spacial score (nSPS) is 61.2. The summed E-state index contributed by atoms with van der Waals surface area (Å²) in [5.41, 5.74) is 0. The molecule has 6 atom stereocenters. The van der Waals surface area contributed by atoms with Gasteiger partial charge in [0.05, 0.1) is 0 Å². The lowest BCUT2D eigenvalue weighted by atomic mass is 9.75. The van der Waals surface area contributed by atoms with Crippen LogP contribution in [0, 0.1) is 35.5 Å². The van der Waals surface area contributed by atoms with Gasteiger partial charge in [0.2, 0.25) is 0 Å². The molecule has 4 bridgehead atoms. The van der Waals surface area contributed by atoms with Crippen molar-refractivity contribution in [1.29, 1.82) is 0 Å². The number of carbonyl (C=O) groups is 2. The Kier molecular flexibility index (Phi) is 0.907. The van der Waals surface area contributed by atoms with Crippen LogP contribution in [0.25, 0.3) is 0 Å². The van der Waals surface area contributed by atoms with E-state index in [1.54, 1.807) is 0 Å². The molecule has 0 radical (unpaired) electrons. The summed E-state index contributed by atoms with van der Waals surface area (Å²) in [7, 11) is 0. The van der Waals surface area contributed by atoms with Crippen molar-refractivity contribution in [3.05, 3.63) is 0 Å². The van der Waals surface area contributed by atoms with Gasteiger partial charge in [-0.1, -0.05) is 0 Å². The third kappa shape index (κ3) is 0.527. The Labute approximate surface area is 76.7 Å². The van der Waals surface area contributed by atoms with Crippen molar-refractivity contribution in [2.75, 3.05) is 0 Å². The highest BCUT2D eigenvalue weighted by Crippen LogP contribution is 2.68. The summed E-state index contributed by atoms with van der Waals surface area (Å²) < 4.78 is 0. The molecule has 0 N–H and O–H groups in total. The second-order valence-corrected chi connectivity index (χ2v) is 5.29. The Morgan fingerprint density at radius 3 is 2.46 bits per heavy atom. The van der Waals surface area contributed by atoms with Crippen LogP contribution in [-0.4, -0.2) is 11.6 Å². The summed E-state index contributed by atoms with van der Waals surface area (Å²) in [4.78, 5) is 23.3. The van der Waals surface area contributed by atoms with Crippen LogP contribution >= 0.6 is 0 Å². The van der Waals surface area contributed by atoms with Crippen molar-refractivity contribution >= 4 is 11.6 Å². The van der Waals surface area contributed by atoms with Gasteiger partial charge >= 0.3 is 0 Å². The van der Waals surface area contributed by atoms with Crippen LogP contribution in [0.1, 0.15) is 19.3 Å². The van der Waals surface area contributed by atoms with Gasteiger partial charge in [-0.05, 0) is 30.1 Å². The lowest BCUT2D eigenvalue weighted by Crippen LogP contribution is -2.32. The second-order valence-electron chi connectivity index (χ2n) is 5.29. The molecule has 2 nitrogen and oxygen atoms in total. The lowest BCUT2D eigenvalue weighted by Gasteiger charge is -2.26. The zero-order valence-electron chi connectivity index (χ0n) is 7.40. The van der Waals surface area contributed by atoms with Crippen molar-refractivity contribution < 1.29 is 9.59 Å². The van der Waals surface area contributed by atoms with Gasteiger partial charge in [0.25, 0.3) is 0 Å². The monoisotopic (exact) mass is 176 g/mol. The minimum Gasteiger partial charge on any atom is -0.299 e. The molecule has 2 heteroatoms. The van der Waals surface area contributed by atoms with Crippen LogP contribution in [-0.2, 0) is 9.59 Å². The fraction of sp³-hybridized carbons (Fsp3) is 0.818. The van der Waals surface area contributed by atoms with E-state index in [9.17, 15) is 9.59 Å². The number of hydrogen-bond donors (Lipinski definition) is 0. The lowest BCUT2D eigenvalue weighted by molar-refractivity contribution is -0.131. The summed E-state index contributed by atoms with van der Waals surface area (Å²) in [6.45, 7) is 0. The number of carbonyl (C=O) groups excluding carboxylic acids is 2. The molecule has 68 valence electrons. The smallest absolute Gasteiger partial charge is 0.137 e. The molecule has 0 amide bonds. The fourth-order valence-corrected chi connectivity index (χ4v) is 4.92. The van der Waals surface area contributed by atoms with E-state index in [1.807, 2.05) is 0 Å². The Bertz CT molecular complexity index is 333. The van der Waals surface area contributed by atoms with Gasteiger partial charge in [0, 0.05) is 24.7 Å². The molecule has 0 spiro atoms. The van der Waals surface area contributed by atoms with Gasteiger partial charge in [-0.2, -0.15) is 0 Å².